The number of halogens is 3. The summed E-state index contributed by atoms with van der Waals surface area (Å²) in [5.41, 5.74) is -2.37. The van der Waals surface area contributed by atoms with Crippen LogP contribution in [-0.4, -0.2) is 44.6 Å². The lowest BCUT2D eigenvalue weighted by atomic mass is 9.86. The Morgan fingerprint density at radius 3 is 2.50 bits per heavy atom. The zero-order valence-corrected chi connectivity index (χ0v) is 8.47. The van der Waals surface area contributed by atoms with E-state index in [9.17, 15) is 18.0 Å². The molecule has 16 heavy (non-hydrogen) atoms. The molecule has 7 heteroatoms. The minimum Gasteiger partial charge on any atom is -0.457 e. The van der Waals surface area contributed by atoms with Crippen LogP contribution in [0.1, 0.15) is 6.42 Å². The number of hydrogen-bond acceptors (Lipinski definition) is 4. The number of carbonyl (C=O) groups is 1. The Bertz CT molecular complexity index is 282. The van der Waals surface area contributed by atoms with Crippen LogP contribution in [0.3, 0.4) is 0 Å². The minimum atomic E-state index is -4.57. The Kier molecular flexibility index (Phi) is 2.83. The van der Waals surface area contributed by atoms with Crippen molar-refractivity contribution >= 4 is 5.97 Å². The van der Waals surface area contributed by atoms with Gasteiger partial charge >= 0.3 is 12.1 Å². The van der Waals surface area contributed by atoms with Gasteiger partial charge in [-0.2, -0.15) is 13.2 Å². The molecule has 1 atom stereocenters. The van der Waals surface area contributed by atoms with E-state index in [0.29, 0.717) is 0 Å². The first-order valence-electron chi connectivity index (χ1n) is 5.02. The molecular weight excluding hydrogens is 227 g/mol. The molecule has 0 spiro atoms. The van der Waals surface area contributed by atoms with E-state index in [2.05, 4.69) is 5.32 Å². The smallest absolute Gasteiger partial charge is 0.406 e. The lowest BCUT2D eigenvalue weighted by molar-refractivity contribution is -0.239. The van der Waals surface area contributed by atoms with Crippen molar-refractivity contribution in [2.75, 3.05) is 26.3 Å². The highest BCUT2D eigenvalue weighted by molar-refractivity contribution is 5.79. The van der Waals surface area contributed by atoms with Crippen LogP contribution in [0.5, 0.6) is 0 Å². The van der Waals surface area contributed by atoms with Gasteiger partial charge in [-0.15, -0.1) is 0 Å². The van der Waals surface area contributed by atoms with Crippen molar-refractivity contribution in [3.8, 4) is 0 Å². The molecule has 92 valence electrons. The maximum absolute atomic E-state index is 12.9. The fraction of sp³-hybridized carbons (Fsp3) is 0.889. The van der Waals surface area contributed by atoms with E-state index in [1.54, 1.807) is 0 Å². The molecule has 0 bridgehead atoms. The lowest BCUT2D eigenvalue weighted by Gasteiger charge is -2.33. The van der Waals surface area contributed by atoms with Crippen LogP contribution in [0.2, 0.25) is 0 Å². The van der Waals surface area contributed by atoms with E-state index < -0.39 is 30.2 Å². The van der Waals surface area contributed by atoms with Gasteiger partial charge in [-0.1, -0.05) is 0 Å². The van der Waals surface area contributed by atoms with E-state index >= 15 is 0 Å². The maximum Gasteiger partial charge on any atom is 0.406 e. The van der Waals surface area contributed by atoms with Crippen LogP contribution in [-0.2, 0) is 14.3 Å². The van der Waals surface area contributed by atoms with E-state index in [4.69, 9.17) is 9.47 Å². The van der Waals surface area contributed by atoms with Gasteiger partial charge < -0.3 is 14.8 Å². The fourth-order valence-electron chi connectivity index (χ4n) is 1.77. The second-order valence-corrected chi connectivity index (χ2v) is 4.07. The van der Waals surface area contributed by atoms with Crippen molar-refractivity contribution in [1.82, 2.24) is 5.32 Å². The highest BCUT2D eigenvalue weighted by Crippen LogP contribution is 2.44. The summed E-state index contributed by atoms with van der Waals surface area (Å²) in [6.07, 6.45) is -5.35. The molecule has 0 aromatic carbocycles. The summed E-state index contributed by atoms with van der Waals surface area (Å²) < 4.78 is 48.1. The molecule has 1 unspecified atom stereocenters. The zero-order chi connectivity index (χ0) is 11.8. The second kappa shape index (κ2) is 3.89. The average Bonchev–Trinajstić information content (AvgIpc) is 2.59. The minimum absolute atomic E-state index is 0.176. The van der Waals surface area contributed by atoms with Crippen LogP contribution in [0.25, 0.3) is 0 Å². The summed E-state index contributed by atoms with van der Waals surface area (Å²) in [7, 11) is 0. The Balaban J connectivity index is 2.09. The van der Waals surface area contributed by atoms with Crippen LogP contribution in [0.4, 0.5) is 13.2 Å². The summed E-state index contributed by atoms with van der Waals surface area (Å²) in [5, 5.41) is 2.56. The SMILES string of the molecule is O=C(OC1COC1)C1(C(F)(F)F)CCNC1. The second-order valence-electron chi connectivity index (χ2n) is 4.07. The maximum atomic E-state index is 12.9. The van der Waals surface area contributed by atoms with Gasteiger partial charge in [-0.3, -0.25) is 4.79 Å². The monoisotopic (exact) mass is 239 g/mol. The topological polar surface area (TPSA) is 47.6 Å². The van der Waals surface area contributed by atoms with Crippen molar-refractivity contribution < 1.29 is 27.4 Å². The van der Waals surface area contributed by atoms with Crippen molar-refractivity contribution in [2.24, 2.45) is 5.41 Å². The molecule has 0 aromatic heterocycles. The number of nitrogens with one attached hydrogen (secondary N) is 1. The average molecular weight is 239 g/mol. The lowest BCUT2D eigenvalue weighted by Crippen LogP contribution is -2.51. The summed E-state index contributed by atoms with van der Waals surface area (Å²) in [6.45, 7) is 0.152. The number of carbonyl (C=O) groups excluding carboxylic acids is 1. The summed E-state index contributed by atoms with van der Waals surface area (Å²) in [4.78, 5) is 11.6. The number of hydrogen-bond donors (Lipinski definition) is 1. The number of rotatable bonds is 2. The first-order valence-corrected chi connectivity index (χ1v) is 5.02. The van der Waals surface area contributed by atoms with Gasteiger partial charge in [-0.25, -0.2) is 0 Å². The van der Waals surface area contributed by atoms with Gasteiger partial charge in [0.05, 0.1) is 13.2 Å². The predicted molar refractivity (Wildman–Crippen MR) is 46.7 cm³/mol. The zero-order valence-electron chi connectivity index (χ0n) is 8.47. The van der Waals surface area contributed by atoms with Gasteiger partial charge in [0.25, 0.3) is 0 Å². The van der Waals surface area contributed by atoms with Crippen molar-refractivity contribution in [2.45, 2.75) is 18.7 Å². The van der Waals surface area contributed by atoms with Gasteiger partial charge in [0.1, 0.15) is 6.10 Å². The predicted octanol–water partition coefficient (Wildman–Crippen LogP) is 0.470. The first-order chi connectivity index (χ1) is 7.46. The highest BCUT2D eigenvalue weighted by Gasteiger charge is 2.63. The molecular formula is C9H12F3NO3. The largest absolute Gasteiger partial charge is 0.457 e. The summed E-state index contributed by atoms with van der Waals surface area (Å²) in [5.74, 6) is -1.18. The molecule has 0 saturated carbocycles. The highest BCUT2D eigenvalue weighted by atomic mass is 19.4. The molecule has 0 amide bonds. The number of ether oxygens (including phenoxy) is 2. The van der Waals surface area contributed by atoms with Gasteiger partial charge in [0, 0.05) is 6.54 Å². The molecule has 2 aliphatic heterocycles. The molecule has 2 heterocycles. The molecule has 0 aromatic rings. The fourth-order valence-corrected chi connectivity index (χ4v) is 1.77. The van der Waals surface area contributed by atoms with E-state index in [1.807, 2.05) is 0 Å². The third-order valence-electron chi connectivity index (χ3n) is 2.97. The standard InChI is InChI=1S/C9H12F3NO3/c10-9(11,12)8(1-2-13-5-8)7(14)16-6-3-15-4-6/h6,13H,1-5H2. The Morgan fingerprint density at radius 2 is 2.12 bits per heavy atom. The molecule has 2 saturated heterocycles. The van der Waals surface area contributed by atoms with E-state index in [0.717, 1.165) is 0 Å². The van der Waals surface area contributed by atoms with Gasteiger partial charge in [0.15, 0.2) is 5.41 Å². The summed E-state index contributed by atoms with van der Waals surface area (Å²) >= 11 is 0. The van der Waals surface area contributed by atoms with Gasteiger partial charge in [-0.05, 0) is 13.0 Å². The summed E-state index contributed by atoms with van der Waals surface area (Å²) in [6, 6.07) is 0. The third kappa shape index (κ3) is 1.78. The number of esters is 1. The number of alkyl halides is 3. The molecule has 0 aliphatic carbocycles. The van der Waals surface area contributed by atoms with Crippen molar-refractivity contribution in [1.29, 1.82) is 0 Å². The molecule has 0 radical (unpaired) electrons. The molecule has 2 fully saturated rings. The van der Waals surface area contributed by atoms with Gasteiger partial charge in [0.2, 0.25) is 0 Å². The van der Waals surface area contributed by atoms with E-state index in [-0.39, 0.29) is 26.2 Å². The molecule has 2 rings (SSSR count). The normalized spacial score (nSPS) is 31.2. The van der Waals surface area contributed by atoms with Crippen LogP contribution >= 0.6 is 0 Å². The van der Waals surface area contributed by atoms with Crippen LogP contribution in [0.15, 0.2) is 0 Å². The van der Waals surface area contributed by atoms with Crippen molar-refractivity contribution in [3.05, 3.63) is 0 Å². The molecule has 4 nitrogen and oxygen atoms in total. The Labute approximate surface area is 90.1 Å². The molecule has 2 aliphatic rings. The van der Waals surface area contributed by atoms with E-state index in [1.165, 1.54) is 0 Å². The third-order valence-corrected chi connectivity index (χ3v) is 2.97. The first kappa shape index (κ1) is 11.7. The molecule has 1 N–H and O–H groups in total. The van der Waals surface area contributed by atoms with Crippen LogP contribution < -0.4 is 5.32 Å². The Morgan fingerprint density at radius 1 is 1.44 bits per heavy atom. The van der Waals surface area contributed by atoms with Crippen molar-refractivity contribution in [3.63, 3.8) is 0 Å². The Hall–Kier alpha value is -0.820. The quantitative estimate of drug-likeness (QED) is 0.712. The van der Waals surface area contributed by atoms with Crippen LogP contribution in [0, 0.1) is 5.41 Å².